The molecule has 0 atom stereocenters. The van der Waals surface area contributed by atoms with E-state index in [-0.39, 0.29) is 24.2 Å². The molecule has 0 aliphatic carbocycles. The van der Waals surface area contributed by atoms with Crippen molar-refractivity contribution in [3.8, 4) is 0 Å². The highest BCUT2D eigenvalue weighted by molar-refractivity contribution is 5.96. The molecule has 0 spiro atoms. The predicted molar refractivity (Wildman–Crippen MR) is 91.8 cm³/mol. The molecule has 130 valence electrons. The zero-order valence-corrected chi connectivity index (χ0v) is 13.7. The van der Waals surface area contributed by atoms with Crippen LogP contribution in [0.5, 0.6) is 0 Å². The number of halogens is 1. The molecule has 0 bridgehead atoms. The quantitative estimate of drug-likeness (QED) is 0.910. The summed E-state index contributed by atoms with van der Waals surface area (Å²) in [5, 5.41) is 2.60. The van der Waals surface area contributed by atoms with Crippen LogP contribution in [0.15, 0.2) is 48.8 Å². The number of carbonyl (C=O) groups is 2. The fourth-order valence-corrected chi connectivity index (χ4v) is 2.77. The van der Waals surface area contributed by atoms with Crippen LogP contribution in [-0.2, 0) is 4.79 Å². The summed E-state index contributed by atoms with van der Waals surface area (Å²) in [6, 6.07) is 9.92. The molecule has 2 aromatic rings. The van der Waals surface area contributed by atoms with E-state index in [1.54, 1.807) is 41.4 Å². The second kappa shape index (κ2) is 7.74. The fourth-order valence-electron chi connectivity index (χ4n) is 2.77. The largest absolute Gasteiger partial charge is 0.366 e. The van der Waals surface area contributed by atoms with Crippen molar-refractivity contribution in [2.24, 2.45) is 0 Å². The average molecular weight is 342 g/mol. The molecule has 1 saturated heterocycles. The molecule has 0 radical (unpaired) electrons. The van der Waals surface area contributed by atoms with Gasteiger partial charge in [0.25, 0.3) is 5.91 Å². The summed E-state index contributed by atoms with van der Waals surface area (Å²) < 4.78 is 13.8. The zero-order chi connectivity index (χ0) is 17.6. The molecule has 0 unspecified atom stereocenters. The topological polar surface area (TPSA) is 65.5 Å². The second-order valence-corrected chi connectivity index (χ2v) is 5.74. The van der Waals surface area contributed by atoms with E-state index in [4.69, 9.17) is 0 Å². The number of amides is 2. The molecule has 25 heavy (non-hydrogen) atoms. The third-order valence-electron chi connectivity index (χ3n) is 4.15. The molecule has 2 amide bonds. The number of hydrogen-bond donors (Lipinski definition) is 1. The Kier molecular flexibility index (Phi) is 5.23. The lowest BCUT2D eigenvalue weighted by Crippen LogP contribution is -2.51. The van der Waals surface area contributed by atoms with Crippen LogP contribution < -0.4 is 10.2 Å². The van der Waals surface area contributed by atoms with Crippen molar-refractivity contribution < 1.29 is 14.0 Å². The van der Waals surface area contributed by atoms with E-state index in [0.717, 1.165) is 0 Å². The van der Waals surface area contributed by atoms with Gasteiger partial charge in [-0.3, -0.25) is 14.6 Å². The van der Waals surface area contributed by atoms with Crippen molar-refractivity contribution in [1.29, 1.82) is 0 Å². The summed E-state index contributed by atoms with van der Waals surface area (Å²) >= 11 is 0. The van der Waals surface area contributed by atoms with E-state index in [0.29, 0.717) is 37.4 Å². The average Bonchev–Trinajstić information content (AvgIpc) is 2.67. The molecule has 1 aliphatic rings. The Morgan fingerprint density at radius 3 is 2.52 bits per heavy atom. The van der Waals surface area contributed by atoms with E-state index in [9.17, 15) is 14.0 Å². The van der Waals surface area contributed by atoms with Gasteiger partial charge in [0, 0.05) is 38.6 Å². The minimum atomic E-state index is -0.327. The first-order valence-electron chi connectivity index (χ1n) is 8.10. The normalized spacial score (nSPS) is 14.3. The minimum Gasteiger partial charge on any atom is -0.366 e. The third kappa shape index (κ3) is 4.12. The Balaban J connectivity index is 1.49. The number of nitrogens with zero attached hydrogens (tertiary/aromatic N) is 3. The van der Waals surface area contributed by atoms with Crippen LogP contribution in [0.1, 0.15) is 10.4 Å². The van der Waals surface area contributed by atoms with Gasteiger partial charge in [-0.2, -0.15) is 0 Å². The maximum Gasteiger partial charge on any atom is 0.253 e. The molecule has 1 aliphatic heterocycles. The SMILES string of the molecule is O=C(NCC(=O)N1CCN(c2ccccc2F)CC1)c1cccnc1. The highest BCUT2D eigenvalue weighted by atomic mass is 19.1. The molecule has 3 rings (SSSR count). The van der Waals surface area contributed by atoms with E-state index in [1.165, 1.54) is 12.3 Å². The van der Waals surface area contributed by atoms with Gasteiger partial charge in [-0.25, -0.2) is 4.39 Å². The smallest absolute Gasteiger partial charge is 0.253 e. The summed E-state index contributed by atoms with van der Waals surface area (Å²) in [5.74, 6) is -0.733. The molecule has 1 N–H and O–H groups in total. The van der Waals surface area contributed by atoms with Gasteiger partial charge in [0.05, 0.1) is 17.8 Å². The Morgan fingerprint density at radius 1 is 1.08 bits per heavy atom. The Morgan fingerprint density at radius 2 is 1.84 bits per heavy atom. The van der Waals surface area contributed by atoms with Crippen molar-refractivity contribution in [2.45, 2.75) is 0 Å². The van der Waals surface area contributed by atoms with Gasteiger partial charge in [0.15, 0.2) is 0 Å². The Labute approximate surface area is 145 Å². The maximum absolute atomic E-state index is 13.8. The van der Waals surface area contributed by atoms with Gasteiger partial charge >= 0.3 is 0 Å². The van der Waals surface area contributed by atoms with Gasteiger partial charge in [0.2, 0.25) is 5.91 Å². The van der Waals surface area contributed by atoms with Crippen LogP contribution in [-0.4, -0.2) is 54.4 Å². The summed E-state index contributed by atoms with van der Waals surface area (Å²) in [7, 11) is 0. The number of carbonyl (C=O) groups excluding carboxylic acids is 2. The van der Waals surface area contributed by atoms with Gasteiger partial charge in [-0.1, -0.05) is 12.1 Å². The lowest BCUT2D eigenvalue weighted by atomic mass is 10.2. The standard InChI is InChI=1S/C18H19FN4O2/c19-15-5-1-2-6-16(15)22-8-10-23(11-9-22)17(24)13-21-18(25)14-4-3-7-20-12-14/h1-7,12H,8-11,13H2,(H,21,25). The van der Waals surface area contributed by atoms with Gasteiger partial charge in [-0.15, -0.1) is 0 Å². The second-order valence-electron chi connectivity index (χ2n) is 5.74. The number of para-hydroxylation sites is 1. The summed E-state index contributed by atoms with van der Waals surface area (Å²) in [5.41, 5.74) is 0.971. The monoisotopic (exact) mass is 342 g/mol. The van der Waals surface area contributed by atoms with Gasteiger partial charge in [0.1, 0.15) is 5.82 Å². The lowest BCUT2D eigenvalue weighted by molar-refractivity contribution is -0.130. The fraction of sp³-hybridized carbons (Fsp3) is 0.278. The van der Waals surface area contributed by atoms with Gasteiger partial charge in [-0.05, 0) is 24.3 Å². The number of piperazine rings is 1. The molecule has 1 aromatic carbocycles. The predicted octanol–water partition coefficient (Wildman–Crippen LogP) is 1.30. The lowest BCUT2D eigenvalue weighted by Gasteiger charge is -2.36. The molecular weight excluding hydrogens is 323 g/mol. The molecule has 2 heterocycles. The number of anilines is 1. The Hall–Kier alpha value is -2.96. The molecular formula is C18H19FN4O2. The zero-order valence-electron chi connectivity index (χ0n) is 13.7. The minimum absolute atomic E-state index is 0.0621. The molecule has 7 heteroatoms. The van der Waals surface area contributed by atoms with Crippen molar-refractivity contribution in [1.82, 2.24) is 15.2 Å². The first-order chi connectivity index (χ1) is 12.1. The third-order valence-corrected chi connectivity index (χ3v) is 4.15. The van der Waals surface area contributed by atoms with E-state index >= 15 is 0 Å². The van der Waals surface area contributed by atoms with Crippen LogP contribution in [0.4, 0.5) is 10.1 Å². The summed E-state index contributed by atoms with van der Waals surface area (Å²) in [6.07, 6.45) is 3.03. The summed E-state index contributed by atoms with van der Waals surface area (Å²) in [6.45, 7) is 2.05. The van der Waals surface area contributed by atoms with Crippen molar-refractivity contribution in [3.05, 3.63) is 60.2 Å². The number of benzene rings is 1. The van der Waals surface area contributed by atoms with Crippen LogP contribution in [0.2, 0.25) is 0 Å². The van der Waals surface area contributed by atoms with Crippen molar-refractivity contribution >= 4 is 17.5 Å². The first kappa shape index (κ1) is 16.9. The molecule has 1 aromatic heterocycles. The van der Waals surface area contributed by atoms with E-state index in [1.807, 2.05) is 4.90 Å². The van der Waals surface area contributed by atoms with Crippen LogP contribution in [0, 0.1) is 5.82 Å². The van der Waals surface area contributed by atoms with Crippen molar-refractivity contribution in [3.63, 3.8) is 0 Å². The number of aromatic nitrogens is 1. The van der Waals surface area contributed by atoms with Gasteiger partial charge < -0.3 is 15.1 Å². The van der Waals surface area contributed by atoms with Crippen LogP contribution in [0.25, 0.3) is 0 Å². The first-order valence-corrected chi connectivity index (χ1v) is 8.10. The summed E-state index contributed by atoms with van der Waals surface area (Å²) in [4.78, 5) is 31.7. The molecule has 1 fully saturated rings. The Bertz CT molecular complexity index is 746. The van der Waals surface area contributed by atoms with E-state index < -0.39 is 0 Å². The number of rotatable bonds is 4. The molecule has 6 nitrogen and oxygen atoms in total. The number of nitrogens with one attached hydrogen (secondary N) is 1. The molecule has 0 saturated carbocycles. The van der Waals surface area contributed by atoms with Crippen LogP contribution in [0.3, 0.4) is 0 Å². The highest BCUT2D eigenvalue weighted by Crippen LogP contribution is 2.20. The number of hydrogen-bond acceptors (Lipinski definition) is 4. The van der Waals surface area contributed by atoms with E-state index in [2.05, 4.69) is 10.3 Å². The highest BCUT2D eigenvalue weighted by Gasteiger charge is 2.22. The van der Waals surface area contributed by atoms with Crippen LogP contribution >= 0.6 is 0 Å². The maximum atomic E-state index is 13.8. The van der Waals surface area contributed by atoms with Crippen molar-refractivity contribution in [2.75, 3.05) is 37.6 Å². The number of pyridine rings is 1.